The van der Waals surface area contributed by atoms with Crippen LogP contribution in [0.1, 0.15) is 22.7 Å². The number of nitrogens with one attached hydrogen (secondary N) is 1. The summed E-state index contributed by atoms with van der Waals surface area (Å²) in [6.07, 6.45) is 3.32. The number of furan rings is 1. The van der Waals surface area contributed by atoms with E-state index in [4.69, 9.17) is 9.15 Å². The Morgan fingerprint density at radius 1 is 1.48 bits per heavy atom. The van der Waals surface area contributed by atoms with Crippen molar-refractivity contribution in [2.75, 3.05) is 13.7 Å². The van der Waals surface area contributed by atoms with Crippen LogP contribution < -0.4 is 5.32 Å². The molecule has 0 radical (unpaired) electrons. The molecule has 1 amide bonds. The van der Waals surface area contributed by atoms with Gasteiger partial charge in [0.1, 0.15) is 10.7 Å². The quantitative estimate of drug-likeness (QED) is 0.820. The van der Waals surface area contributed by atoms with Gasteiger partial charge >= 0.3 is 5.97 Å². The van der Waals surface area contributed by atoms with E-state index in [0.29, 0.717) is 12.3 Å². The topological polar surface area (TPSA) is 81.4 Å². The molecule has 1 aliphatic rings. The molecule has 0 aliphatic heterocycles. The van der Waals surface area contributed by atoms with Gasteiger partial charge in [0.05, 0.1) is 25.2 Å². The largest absolute Gasteiger partial charge is 0.469 e. The first kappa shape index (κ1) is 15.7. The number of hydrogen-bond acceptors (Lipinski definition) is 6. The molecule has 2 aromatic heterocycles. The molecule has 1 aliphatic carbocycles. The molecule has 0 atom stereocenters. The number of esters is 1. The molecule has 23 heavy (non-hydrogen) atoms. The fourth-order valence-electron chi connectivity index (χ4n) is 2.46. The number of hydrogen-bond donors (Lipinski definition) is 1. The second-order valence-electron chi connectivity index (χ2n) is 5.72. The molecule has 2 heterocycles. The second kappa shape index (κ2) is 6.16. The normalized spacial score (nSPS) is 15.2. The van der Waals surface area contributed by atoms with E-state index < -0.39 is 5.41 Å². The lowest BCUT2D eigenvalue weighted by molar-refractivity contribution is -0.147. The predicted molar refractivity (Wildman–Crippen MR) is 84.9 cm³/mol. The third kappa shape index (κ3) is 3.29. The standard InChI is InChI=1S/C16H18N2O4S/c1-10-14(11-4-3-7-22-11)18-13(23-10)8-12(19)17-9-16(5-6-16)15(20)21-2/h3-4,7H,5-6,8-9H2,1-2H3,(H,17,19). The molecule has 6 nitrogen and oxygen atoms in total. The minimum Gasteiger partial charge on any atom is -0.469 e. The van der Waals surface area contributed by atoms with Crippen molar-refractivity contribution >= 4 is 23.2 Å². The van der Waals surface area contributed by atoms with Gasteiger partial charge < -0.3 is 14.5 Å². The third-order valence-electron chi connectivity index (χ3n) is 4.00. The average Bonchev–Trinajstić information content (AvgIpc) is 2.96. The Bertz CT molecular complexity index is 717. The number of aromatic nitrogens is 1. The zero-order chi connectivity index (χ0) is 16.4. The van der Waals surface area contributed by atoms with E-state index in [1.54, 1.807) is 6.26 Å². The van der Waals surface area contributed by atoms with Crippen LogP contribution in [0.2, 0.25) is 0 Å². The number of aryl methyl sites for hydroxylation is 1. The first-order valence-corrected chi connectivity index (χ1v) is 8.21. The van der Waals surface area contributed by atoms with E-state index in [0.717, 1.165) is 28.4 Å². The number of carbonyl (C=O) groups is 2. The van der Waals surface area contributed by atoms with Crippen molar-refractivity contribution < 1.29 is 18.7 Å². The van der Waals surface area contributed by atoms with Crippen LogP contribution in [-0.4, -0.2) is 30.5 Å². The van der Waals surface area contributed by atoms with Crippen LogP contribution in [0.15, 0.2) is 22.8 Å². The van der Waals surface area contributed by atoms with E-state index in [9.17, 15) is 9.59 Å². The molecule has 7 heteroatoms. The maximum absolute atomic E-state index is 12.1. The van der Waals surface area contributed by atoms with Crippen molar-refractivity contribution in [2.45, 2.75) is 26.2 Å². The summed E-state index contributed by atoms with van der Waals surface area (Å²) in [6, 6.07) is 3.65. The van der Waals surface area contributed by atoms with Gasteiger partial charge in [-0.1, -0.05) is 0 Å². The molecule has 122 valence electrons. The van der Waals surface area contributed by atoms with Crippen LogP contribution >= 0.6 is 11.3 Å². The Kier molecular flexibility index (Phi) is 4.21. The van der Waals surface area contributed by atoms with Gasteiger partial charge in [-0.25, -0.2) is 4.98 Å². The Morgan fingerprint density at radius 3 is 2.87 bits per heavy atom. The minimum absolute atomic E-state index is 0.139. The molecule has 0 spiro atoms. The summed E-state index contributed by atoms with van der Waals surface area (Å²) in [4.78, 5) is 29.2. The Hall–Kier alpha value is -2.15. The maximum Gasteiger partial charge on any atom is 0.313 e. The Labute approximate surface area is 137 Å². The number of rotatable bonds is 6. The molecule has 2 aromatic rings. The minimum atomic E-state index is -0.511. The van der Waals surface area contributed by atoms with Crippen LogP contribution in [0.4, 0.5) is 0 Å². The second-order valence-corrected chi connectivity index (χ2v) is 7.00. The summed E-state index contributed by atoms with van der Waals surface area (Å²) in [7, 11) is 1.37. The molecule has 0 unspecified atom stereocenters. The van der Waals surface area contributed by atoms with Crippen molar-refractivity contribution in [2.24, 2.45) is 5.41 Å². The van der Waals surface area contributed by atoms with Crippen molar-refractivity contribution in [3.63, 3.8) is 0 Å². The fourth-order valence-corrected chi connectivity index (χ4v) is 3.39. The highest BCUT2D eigenvalue weighted by Crippen LogP contribution is 2.46. The number of methoxy groups -OCH3 is 1. The van der Waals surface area contributed by atoms with Crippen LogP contribution in [0.25, 0.3) is 11.5 Å². The Morgan fingerprint density at radius 2 is 2.26 bits per heavy atom. The van der Waals surface area contributed by atoms with Gasteiger partial charge in [-0.2, -0.15) is 0 Å². The maximum atomic E-state index is 12.1. The zero-order valence-electron chi connectivity index (χ0n) is 13.0. The highest BCUT2D eigenvalue weighted by Gasteiger charge is 2.51. The SMILES string of the molecule is COC(=O)C1(CNC(=O)Cc2nc(-c3ccco3)c(C)s2)CC1. The van der Waals surface area contributed by atoms with Gasteiger partial charge in [0.25, 0.3) is 0 Å². The van der Waals surface area contributed by atoms with Crippen LogP contribution in [-0.2, 0) is 20.7 Å². The van der Waals surface area contributed by atoms with Crippen molar-refractivity contribution in [3.8, 4) is 11.5 Å². The smallest absolute Gasteiger partial charge is 0.313 e. The van der Waals surface area contributed by atoms with E-state index in [-0.39, 0.29) is 18.3 Å². The van der Waals surface area contributed by atoms with Gasteiger partial charge in [0.2, 0.25) is 5.91 Å². The molecule has 1 fully saturated rings. The lowest BCUT2D eigenvalue weighted by Gasteiger charge is -2.12. The zero-order valence-corrected chi connectivity index (χ0v) is 13.9. The van der Waals surface area contributed by atoms with Crippen LogP contribution in [0.3, 0.4) is 0 Å². The van der Waals surface area contributed by atoms with Crippen molar-refractivity contribution in [1.29, 1.82) is 0 Å². The molecule has 3 rings (SSSR count). The molecular formula is C16H18N2O4S. The van der Waals surface area contributed by atoms with Gasteiger partial charge in [-0.15, -0.1) is 11.3 Å². The lowest BCUT2D eigenvalue weighted by Crippen LogP contribution is -2.35. The van der Waals surface area contributed by atoms with Gasteiger partial charge in [0.15, 0.2) is 5.76 Å². The first-order chi connectivity index (χ1) is 11.0. The first-order valence-electron chi connectivity index (χ1n) is 7.39. The van der Waals surface area contributed by atoms with Crippen LogP contribution in [0, 0.1) is 12.3 Å². The molecule has 1 N–H and O–H groups in total. The van der Waals surface area contributed by atoms with E-state index in [1.165, 1.54) is 18.4 Å². The monoisotopic (exact) mass is 334 g/mol. The summed E-state index contributed by atoms with van der Waals surface area (Å²) >= 11 is 1.48. The number of carbonyl (C=O) groups excluding carboxylic acids is 2. The Balaban J connectivity index is 1.59. The number of thiazole rings is 1. The van der Waals surface area contributed by atoms with E-state index in [2.05, 4.69) is 10.3 Å². The lowest BCUT2D eigenvalue weighted by atomic mass is 10.1. The molecular weight excluding hydrogens is 316 g/mol. The van der Waals surface area contributed by atoms with Crippen molar-refractivity contribution in [3.05, 3.63) is 28.3 Å². The summed E-state index contributed by atoms with van der Waals surface area (Å²) in [5.41, 5.74) is 0.263. The number of amides is 1. The molecule has 0 saturated heterocycles. The summed E-state index contributed by atoms with van der Waals surface area (Å²) in [5.74, 6) is 0.316. The van der Waals surface area contributed by atoms with Gasteiger partial charge in [-0.05, 0) is 31.9 Å². The van der Waals surface area contributed by atoms with E-state index >= 15 is 0 Å². The number of ether oxygens (including phenoxy) is 1. The summed E-state index contributed by atoms with van der Waals surface area (Å²) < 4.78 is 10.1. The average molecular weight is 334 g/mol. The van der Waals surface area contributed by atoms with Crippen LogP contribution in [0.5, 0.6) is 0 Å². The third-order valence-corrected chi connectivity index (χ3v) is 4.97. The van der Waals surface area contributed by atoms with E-state index in [1.807, 2.05) is 19.1 Å². The molecule has 0 aromatic carbocycles. The molecule has 1 saturated carbocycles. The molecule has 0 bridgehead atoms. The summed E-state index contributed by atoms with van der Waals surface area (Å²) in [6.45, 7) is 2.28. The van der Waals surface area contributed by atoms with Crippen molar-refractivity contribution in [1.82, 2.24) is 10.3 Å². The van der Waals surface area contributed by atoms with Gasteiger partial charge in [0, 0.05) is 11.4 Å². The number of nitrogens with zero attached hydrogens (tertiary/aromatic N) is 1. The van der Waals surface area contributed by atoms with Gasteiger partial charge in [-0.3, -0.25) is 9.59 Å². The highest BCUT2D eigenvalue weighted by molar-refractivity contribution is 7.12. The highest BCUT2D eigenvalue weighted by atomic mass is 32.1. The summed E-state index contributed by atoms with van der Waals surface area (Å²) in [5, 5.41) is 3.55. The predicted octanol–water partition coefficient (Wildman–Crippen LogP) is 2.32. The fraction of sp³-hybridized carbons (Fsp3) is 0.438.